The number of carbonyl (C=O) groups is 3. The summed E-state index contributed by atoms with van der Waals surface area (Å²) in [7, 11) is 0. The summed E-state index contributed by atoms with van der Waals surface area (Å²) in [5.41, 5.74) is 2.95. The predicted molar refractivity (Wildman–Crippen MR) is 123 cm³/mol. The maximum atomic E-state index is 13.0. The summed E-state index contributed by atoms with van der Waals surface area (Å²) in [4.78, 5) is 38.1. The second-order valence-electron chi connectivity index (χ2n) is 9.70. The molecule has 0 radical (unpaired) electrons. The van der Waals surface area contributed by atoms with Crippen molar-refractivity contribution in [2.45, 2.75) is 51.7 Å². The number of H-pyrrole nitrogens is 1. The lowest BCUT2D eigenvalue weighted by atomic mass is 10.0. The topological polar surface area (TPSA) is 146 Å². The molecule has 11 nitrogen and oxygen atoms in total. The molecule has 0 spiro atoms. The molecule has 182 valence electrons. The summed E-state index contributed by atoms with van der Waals surface area (Å²) in [5, 5.41) is 27.3. The van der Waals surface area contributed by atoms with Gasteiger partial charge in [-0.25, -0.2) is 9.48 Å². The van der Waals surface area contributed by atoms with Crippen molar-refractivity contribution in [3.63, 3.8) is 0 Å². The van der Waals surface area contributed by atoms with Gasteiger partial charge in [0.1, 0.15) is 5.69 Å². The maximum absolute atomic E-state index is 13.0. The number of carboxylic acid groups (broad SMARTS) is 1. The number of aromatic amines is 1. The van der Waals surface area contributed by atoms with Crippen LogP contribution in [0.1, 0.15) is 70.1 Å². The van der Waals surface area contributed by atoms with E-state index in [1.54, 1.807) is 21.7 Å². The fourth-order valence-electron chi connectivity index (χ4n) is 4.27. The van der Waals surface area contributed by atoms with E-state index >= 15 is 0 Å². The van der Waals surface area contributed by atoms with E-state index in [0.29, 0.717) is 48.6 Å². The van der Waals surface area contributed by atoms with E-state index in [1.165, 1.54) is 0 Å². The van der Waals surface area contributed by atoms with E-state index in [2.05, 4.69) is 25.8 Å². The summed E-state index contributed by atoms with van der Waals surface area (Å²) in [5.74, 6) is -1.00. The van der Waals surface area contributed by atoms with E-state index < -0.39 is 11.5 Å². The van der Waals surface area contributed by atoms with E-state index in [-0.39, 0.29) is 23.4 Å². The van der Waals surface area contributed by atoms with Gasteiger partial charge in [0.05, 0.1) is 30.5 Å². The van der Waals surface area contributed by atoms with Crippen molar-refractivity contribution < 1.29 is 19.5 Å². The Morgan fingerprint density at radius 2 is 1.94 bits per heavy atom. The average molecular weight is 478 g/mol. The summed E-state index contributed by atoms with van der Waals surface area (Å²) in [6, 6.07) is 7.31. The first-order chi connectivity index (χ1) is 16.7. The van der Waals surface area contributed by atoms with Gasteiger partial charge in [-0.3, -0.25) is 14.7 Å². The molecule has 2 aliphatic rings. The zero-order chi connectivity index (χ0) is 24.7. The smallest absolute Gasteiger partial charge is 0.356 e. The van der Waals surface area contributed by atoms with Crippen molar-refractivity contribution in [3.8, 4) is 0 Å². The molecule has 0 unspecified atom stereocenters. The van der Waals surface area contributed by atoms with Crippen LogP contribution in [0.4, 0.5) is 0 Å². The second kappa shape index (κ2) is 8.64. The number of nitrogens with one attached hydrogen (secondary N) is 2. The third-order valence-electron chi connectivity index (χ3n) is 6.53. The number of hydrogen-bond donors (Lipinski definition) is 3. The van der Waals surface area contributed by atoms with Gasteiger partial charge in [-0.05, 0) is 50.8 Å². The number of rotatable bonds is 7. The minimum absolute atomic E-state index is 0.0291. The number of nitrogens with zero attached hydrogens (tertiary/aromatic N) is 5. The highest BCUT2D eigenvalue weighted by molar-refractivity contribution is 5.94. The second-order valence-corrected chi connectivity index (χ2v) is 9.70. The van der Waals surface area contributed by atoms with Crippen molar-refractivity contribution in [1.82, 2.24) is 35.4 Å². The Morgan fingerprint density at radius 1 is 1.20 bits per heavy atom. The fourth-order valence-corrected chi connectivity index (χ4v) is 4.27. The van der Waals surface area contributed by atoms with E-state index in [0.717, 1.165) is 18.4 Å². The summed E-state index contributed by atoms with van der Waals surface area (Å²) >= 11 is 0. The summed E-state index contributed by atoms with van der Waals surface area (Å²) in [6.07, 6.45) is 4.16. The molecule has 2 amide bonds. The molecule has 35 heavy (non-hydrogen) atoms. The van der Waals surface area contributed by atoms with Crippen LogP contribution in [0.15, 0.2) is 30.5 Å². The molecule has 1 saturated carbocycles. The van der Waals surface area contributed by atoms with Crippen LogP contribution >= 0.6 is 0 Å². The number of benzene rings is 1. The van der Waals surface area contributed by atoms with Crippen molar-refractivity contribution in [2.24, 2.45) is 5.92 Å². The number of fused-ring (bicyclic) bond motifs is 1. The van der Waals surface area contributed by atoms with Gasteiger partial charge in [0.25, 0.3) is 5.91 Å². The fraction of sp³-hybridized carbons (Fsp3) is 0.417. The summed E-state index contributed by atoms with van der Waals surface area (Å²) in [6.45, 7) is 5.04. The maximum Gasteiger partial charge on any atom is 0.356 e. The standard InChI is InChI=1S/C24H27N7O4/c1-24(2,25-21(32)15-7-8-15)19-13-31(29-27-19)11-14-3-5-16(6-4-14)22(33)30-10-9-17-18(12-30)26-28-20(17)23(34)35/h3-6,13,15H,7-12H2,1-2H3,(H,25,32)(H,26,28)(H,34,35). The average Bonchev–Trinajstić information content (AvgIpc) is 3.42. The minimum Gasteiger partial charge on any atom is -0.476 e. The number of carboxylic acids is 1. The molecule has 0 atom stereocenters. The quantitative estimate of drug-likeness (QED) is 0.469. The van der Waals surface area contributed by atoms with Crippen LogP contribution in [0.5, 0.6) is 0 Å². The Balaban J connectivity index is 1.21. The molecule has 11 heteroatoms. The molecule has 1 aromatic carbocycles. The number of carbonyl (C=O) groups excluding carboxylic acids is 2. The predicted octanol–water partition coefficient (Wildman–Crippen LogP) is 1.71. The molecule has 0 saturated heterocycles. The minimum atomic E-state index is -1.07. The van der Waals surface area contributed by atoms with Crippen LogP contribution in [0.25, 0.3) is 0 Å². The molecule has 5 rings (SSSR count). The first-order valence-corrected chi connectivity index (χ1v) is 11.6. The molecule has 1 aliphatic heterocycles. The van der Waals surface area contributed by atoms with Gasteiger partial charge in [-0.15, -0.1) is 5.10 Å². The Morgan fingerprint density at radius 3 is 2.63 bits per heavy atom. The highest BCUT2D eigenvalue weighted by atomic mass is 16.4. The van der Waals surface area contributed by atoms with Gasteiger partial charge in [0.15, 0.2) is 5.69 Å². The van der Waals surface area contributed by atoms with Crippen molar-refractivity contribution in [3.05, 3.63) is 64.2 Å². The van der Waals surface area contributed by atoms with Crippen LogP contribution in [0.3, 0.4) is 0 Å². The zero-order valence-electron chi connectivity index (χ0n) is 19.6. The Hall–Kier alpha value is -4.02. The highest BCUT2D eigenvalue weighted by Gasteiger charge is 2.35. The number of aromatic nitrogens is 5. The SMILES string of the molecule is CC(C)(NC(=O)C1CC1)c1cn(Cc2ccc(C(=O)N3CCc4c(C(=O)O)n[nH]c4C3)cc2)nn1. The van der Waals surface area contributed by atoms with Crippen LogP contribution in [0, 0.1) is 5.92 Å². The normalized spacial score (nSPS) is 15.5. The van der Waals surface area contributed by atoms with Crippen molar-refractivity contribution in [2.75, 3.05) is 6.54 Å². The lowest BCUT2D eigenvalue weighted by Crippen LogP contribution is -2.42. The lowest BCUT2D eigenvalue weighted by molar-refractivity contribution is -0.124. The largest absolute Gasteiger partial charge is 0.476 e. The molecule has 3 heterocycles. The molecule has 1 aliphatic carbocycles. The highest BCUT2D eigenvalue weighted by Crippen LogP contribution is 2.30. The molecular formula is C24H27N7O4. The van der Waals surface area contributed by atoms with E-state index in [4.69, 9.17) is 0 Å². The Kier molecular flexibility index (Phi) is 5.62. The monoisotopic (exact) mass is 477 g/mol. The summed E-state index contributed by atoms with van der Waals surface area (Å²) < 4.78 is 1.71. The van der Waals surface area contributed by atoms with Crippen LogP contribution in [-0.4, -0.2) is 59.5 Å². The lowest BCUT2D eigenvalue weighted by Gasteiger charge is -2.26. The first kappa shape index (κ1) is 22.8. The van der Waals surface area contributed by atoms with Gasteiger partial charge in [0, 0.05) is 23.6 Å². The molecular weight excluding hydrogens is 450 g/mol. The molecule has 1 fully saturated rings. The number of amides is 2. The first-order valence-electron chi connectivity index (χ1n) is 11.6. The Bertz CT molecular complexity index is 1290. The van der Waals surface area contributed by atoms with Crippen molar-refractivity contribution in [1.29, 1.82) is 0 Å². The zero-order valence-corrected chi connectivity index (χ0v) is 19.6. The van der Waals surface area contributed by atoms with Gasteiger partial charge in [-0.1, -0.05) is 17.3 Å². The third-order valence-corrected chi connectivity index (χ3v) is 6.53. The molecule has 3 N–H and O–H groups in total. The Labute approximate surface area is 201 Å². The molecule has 3 aromatic rings. The van der Waals surface area contributed by atoms with Crippen LogP contribution in [-0.2, 0) is 29.8 Å². The van der Waals surface area contributed by atoms with Gasteiger partial charge >= 0.3 is 5.97 Å². The van der Waals surface area contributed by atoms with Crippen molar-refractivity contribution >= 4 is 17.8 Å². The third kappa shape index (κ3) is 4.66. The van der Waals surface area contributed by atoms with E-state index in [1.807, 2.05) is 32.2 Å². The van der Waals surface area contributed by atoms with Crippen LogP contribution in [0.2, 0.25) is 0 Å². The number of hydrogen-bond acceptors (Lipinski definition) is 6. The number of aromatic carboxylic acids is 1. The molecule has 2 aromatic heterocycles. The van der Waals surface area contributed by atoms with E-state index in [9.17, 15) is 19.5 Å². The van der Waals surface area contributed by atoms with Gasteiger partial charge in [-0.2, -0.15) is 5.10 Å². The molecule has 0 bridgehead atoms. The van der Waals surface area contributed by atoms with Gasteiger partial charge < -0.3 is 15.3 Å². The van der Waals surface area contributed by atoms with Gasteiger partial charge in [0.2, 0.25) is 5.91 Å². The van der Waals surface area contributed by atoms with Crippen LogP contribution < -0.4 is 5.32 Å².